The summed E-state index contributed by atoms with van der Waals surface area (Å²) in [5, 5.41) is 0. The number of hydrogen-bond donors (Lipinski definition) is 0. The molecule has 0 radical (unpaired) electrons. The van der Waals surface area contributed by atoms with E-state index in [1.807, 2.05) is 0 Å². The van der Waals surface area contributed by atoms with Gasteiger partial charge in [0.05, 0.1) is 32.0 Å². The van der Waals surface area contributed by atoms with Gasteiger partial charge in [0.1, 0.15) is 12.7 Å². The standard InChI is InChI=1S/C13H19NO5/c1-2-12(19-8-11-7-18-11)13(15)14(3-9-5-16-9)4-10-6-17-10/h2,9-11H,3-8H2,1H3. The fourth-order valence-electron chi connectivity index (χ4n) is 1.85. The van der Waals surface area contributed by atoms with E-state index in [2.05, 4.69) is 0 Å². The fourth-order valence-corrected chi connectivity index (χ4v) is 1.85. The van der Waals surface area contributed by atoms with Gasteiger partial charge >= 0.3 is 0 Å². The highest BCUT2D eigenvalue weighted by Crippen LogP contribution is 2.19. The Morgan fingerprint density at radius 3 is 2.11 bits per heavy atom. The molecule has 0 N–H and O–H groups in total. The summed E-state index contributed by atoms with van der Waals surface area (Å²) in [5.74, 6) is 0.297. The van der Waals surface area contributed by atoms with Crippen molar-refractivity contribution in [2.45, 2.75) is 25.2 Å². The maximum atomic E-state index is 12.4. The van der Waals surface area contributed by atoms with E-state index in [0.29, 0.717) is 25.5 Å². The van der Waals surface area contributed by atoms with Gasteiger partial charge in [-0.3, -0.25) is 4.79 Å². The van der Waals surface area contributed by atoms with E-state index in [1.165, 1.54) is 0 Å². The smallest absolute Gasteiger partial charge is 0.288 e. The van der Waals surface area contributed by atoms with Crippen molar-refractivity contribution >= 4 is 5.91 Å². The van der Waals surface area contributed by atoms with E-state index >= 15 is 0 Å². The lowest BCUT2D eigenvalue weighted by molar-refractivity contribution is -0.131. The first-order valence-corrected chi connectivity index (χ1v) is 6.69. The van der Waals surface area contributed by atoms with Crippen molar-refractivity contribution in [1.29, 1.82) is 0 Å². The Bertz CT molecular complexity index is 357. The first kappa shape index (κ1) is 12.9. The summed E-state index contributed by atoms with van der Waals surface area (Å²) >= 11 is 0. The van der Waals surface area contributed by atoms with Crippen LogP contribution in [0.1, 0.15) is 6.92 Å². The van der Waals surface area contributed by atoms with Crippen LogP contribution >= 0.6 is 0 Å². The molecule has 6 nitrogen and oxygen atoms in total. The van der Waals surface area contributed by atoms with Crippen LogP contribution in [0.25, 0.3) is 0 Å². The number of allylic oxidation sites excluding steroid dienone is 1. The molecule has 3 aliphatic rings. The molecule has 3 fully saturated rings. The van der Waals surface area contributed by atoms with E-state index in [0.717, 1.165) is 19.8 Å². The summed E-state index contributed by atoms with van der Waals surface area (Å²) in [4.78, 5) is 14.2. The average molecular weight is 269 g/mol. The lowest BCUT2D eigenvalue weighted by Crippen LogP contribution is -2.38. The van der Waals surface area contributed by atoms with Crippen LogP contribution in [0.4, 0.5) is 0 Å². The van der Waals surface area contributed by atoms with Gasteiger partial charge in [-0.1, -0.05) is 0 Å². The van der Waals surface area contributed by atoms with Crippen LogP contribution in [0.2, 0.25) is 0 Å². The van der Waals surface area contributed by atoms with E-state index in [9.17, 15) is 4.79 Å². The van der Waals surface area contributed by atoms with E-state index in [-0.39, 0.29) is 24.2 Å². The number of carbonyl (C=O) groups excluding carboxylic acids is 1. The Hall–Kier alpha value is -1.11. The molecular formula is C13H19NO5. The van der Waals surface area contributed by atoms with Crippen molar-refractivity contribution in [3.8, 4) is 0 Å². The van der Waals surface area contributed by atoms with Gasteiger partial charge in [0, 0.05) is 13.1 Å². The van der Waals surface area contributed by atoms with Crippen LogP contribution in [0.15, 0.2) is 11.8 Å². The zero-order valence-electron chi connectivity index (χ0n) is 11.0. The maximum absolute atomic E-state index is 12.4. The number of ether oxygens (including phenoxy) is 4. The topological polar surface area (TPSA) is 67.1 Å². The maximum Gasteiger partial charge on any atom is 0.288 e. The summed E-state index contributed by atoms with van der Waals surface area (Å²) in [6, 6.07) is 0. The van der Waals surface area contributed by atoms with Crippen molar-refractivity contribution in [3.05, 3.63) is 11.8 Å². The minimum Gasteiger partial charge on any atom is -0.485 e. The van der Waals surface area contributed by atoms with Crippen molar-refractivity contribution in [1.82, 2.24) is 4.90 Å². The van der Waals surface area contributed by atoms with Gasteiger partial charge in [-0.15, -0.1) is 0 Å². The molecule has 0 aromatic rings. The molecule has 0 bridgehead atoms. The molecule has 0 aromatic heterocycles. The molecule has 3 rings (SSSR count). The summed E-state index contributed by atoms with van der Waals surface area (Å²) in [5.41, 5.74) is 0. The van der Waals surface area contributed by atoms with Gasteiger partial charge in [-0.2, -0.15) is 0 Å². The normalized spacial score (nSPS) is 31.8. The second-order valence-electron chi connectivity index (χ2n) is 5.04. The van der Waals surface area contributed by atoms with E-state index in [1.54, 1.807) is 17.9 Å². The Labute approximate surface area is 112 Å². The third kappa shape index (κ3) is 3.92. The van der Waals surface area contributed by atoms with Gasteiger partial charge in [0.2, 0.25) is 0 Å². The third-order valence-corrected chi connectivity index (χ3v) is 3.24. The number of nitrogens with zero attached hydrogens (tertiary/aromatic N) is 1. The zero-order valence-corrected chi connectivity index (χ0v) is 11.0. The van der Waals surface area contributed by atoms with Gasteiger partial charge in [-0.25, -0.2) is 0 Å². The van der Waals surface area contributed by atoms with Crippen molar-refractivity contribution in [3.63, 3.8) is 0 Å². The second kappa shape index (κ2) is 5.48. The van der Waals surface area contributed by atoms with Crippen molar-refractivity contribution < 1.29 is 23.7 Å². The summed E-state index contributed by atoms with van der Waals surface area (Å²) in [6.45, 7) is 5.66. The molecule has 3 heterocycles. The first-order valence-electron chi connectivity index (χ1n) is 6.69. The quantitative estimate of drug-likeness (QED) is 0.350. The SMILES string of the molecule is CC=C(OCC1CO1)C(=O)N(CC1CO1)CC1CO1. The highest BCUT2D eigenvalue weighted by molar-refractivity contribution is 5.91. The molecule has 0 aromatic carbocycles. The van der Waals surface area contributed by atoms with Crippen LogP contribution in [0.5, 0.6) is 0 Å². The van der Waals surface area contributed by atoms with Gasteiger partial charge < -0.3 is 23.8 Å². The number of epoxide rings is 3. The Morgan fingerprint density at radius 1 is 1.16 bits per heavy atom. The van der Waals surface area contributed by atoms with Crippen LogP contribution in [0, 0.1) is 0 Å². The third-order valence-electron chi connectivity index (χ3n) is 3.24. The second-order valence-corrected chi connectivity index (χ2v) is 5.04. The highest BCUT2D eigenvalue weighted by atomic mass is 16.6. The molecule has 3 unspecified atom stereocenters. The Morgan fingerprint density at radius 2 is 1.68 bits per heavy atom. The average Bonchev–Trinajstić information content (AvgIpc) is 3.26. The molecule has 1 amide bonds. The number of rotatable bonds is 8. The van der Waals surface area contributed by atoms with Crippen molar-refractivity contribution in [2.24, 2.45) is 0 Å². The molecule has 106 valence electrons. The van der Waals surface area contributed by atoms with Crippen LogP contribution in [-0.2, 0) is 23.7 Å². The molecule has 0 aliphatic carbocycles. The molecule has 3 atom stereocenters. The predicted octanol–water partition coefficient (Wildman–Crippen LogP) is -0.0682. The van der Waals surface area contributed by atoms with E-state index < -0.39 is 0 Å². The number of hydrogen-bond acceptors (Lipinski definition) is 5. The lowest BCUT2D eigenvalue weighted by atomic mass is 10.3. The fraction of sp³-hybridized carbons (Fsp3) is 0.769. The lowest BCUT2D eigenvalue weighted by Gasteiger charge is -2.22. The van der Waals surface area contributed by atoms with Gasteiger partial charge in [-0.05, 0) is 13.0 Å². The molecular weight excluding hydrogens is 250 g/mol. The first-order chi connectivity index (χ1) is 9.26. The molecule has 3 aliphatic heterocycles. The van der Waals surface area contributed by atoms with Crippen molar-refractivity contribution in [2.75, 3.05) is 39.5 Å². The molecule has 3 saturated heterocycles. The minimum absolute atomic E-state index is 0.0887. The van der Waals surface area contributed by atoms with Gasteiger partial charge in [0.15, 0.2) is 5.76 Å². The summed E-state index contributed by atoms with van der Waals surface area (Å²) in [7, 11) is 0. The van der Waals surface area contributed by atoms with Gasteiger partial charge in [0.25, 0.3) is 5.91 Å². The van der Waals surface area contributed by atoms with E-state index in [4.69, 9.17) is 18.9 Å². The molecule has 6 heteroatoms. The van der Waals surface area contributed by atoms with Crippen LogP contribution < -0.4 is 0 Å². The predicted molar refractivity (Wildman–Crippen MR) is 65.5 cm³/mol. The largest absolute Gasteiger partial charge is 0.485 e. The molecule has 0 spiro atoms. The highest BCUT2D eigenvalue weighted by Gasteiger charge is 2.34. The number of amides is 1. The molecule has 19 heavy (non-hydrogen) atoms. The van der Waals surface area contributed by atoms with Crippen LogP contribution in [-0.4, -0.2) is 68.6 Å². The monoisotopic (exact) mass is 269 g/mol. The zero-order chi connectivity index (χ0) is 13.2. The summed E-state index contributed by atoms with van der Waals surface area (Å²) in [6.07, 6.45) is 2.20. The van der Waals surface area contributed by atoms with Crippen LogP contribution in [0.3, 0.4) is 0 Å². The summed E-state index contributed by atoms with van der Waals surface area (Å²) < 4.78 is 21.0. The molecule has 0 saturated carbocycles. The Balaban J connectivity index is 1.55. The minimum atomic E-state index is -0.0887. The number of carbonyl (C=O) groups is 1. The Kier molecular flexibility index (Phi) is 3.72.